The predicted octanol–water partition coefficient (Wildman–Crippen LogP) is 2.93. The van der Waals surface area contributed by atoms with Gasteiger partial charge in [-0.25, -0.2) is 9.48 Å². The van der Waals surface area contributed by atoms with Crippen molar-refractivity contribution in [3.63, 3.8) is 0 Å². The number of carbonyl (C=O) groups excluding carboxylic acids is 1. The van der Waals surface area contributed by atoms with Gasteiger partial charge >= 0.3 is 5.69 Å². The van der Waals surface area contributed by atoms with Crippen molar-refractivity contribution in [3.05, 3.63) is 46.1 Å². The second kappa shape index (κ2) is 9.90. The van der Waals surface area contributed by atoms with Crippen LogP contribution >= 0.6 is 0 Å². The number of nitrogens with zero attached hydrogens (tertiary/aromatic N) is 4. The summed E-state index contributed by atoms with van der Waals surface area (Å²) in [5.74, 6) is 2.02. The highest BCUT2D eigenvalue weighted by atomic mass is 16.5. The Morgan fingerprint density at radius 2 is 1.94 bits per heavy atom. The van der Waals surface area contributed by atoms with E-state index in [1.165, 1.54) is 10.2 Å². The largest absolute Gasteiger partial charge is 0.484 e. The van der Waals surface area contributed by atoms with Gasteiger partial charge in [0.15, 0.2) is 6.61 Å². The Balaban J connectivity index is 1.41. The average Bonchev–Trinajstić information content (AvgIpc) is 3.59. The number of likely N-dealkylation sites (tertiary alicyclic amines) is 1. The Labute approximate surface area is 189 Å². The van der Waals surface area contributed by atoms with Gasteiger partial charge in [-0.3, -0.25) is 9.36 Å². The summed E-state index contributed by atoms with van der Waals surface area (Å²) in [6.45, 7) is 6.49. The molecule has 4 rings (SSSR count). The first-order valence-electron chi connectivity index (χ1n) is 11.7. The number of piperidine rings is 1. The third kappa shape index (κ3) is 5.06. The normalized spacial score (nSPS) is 18.9. The molecule has 1 atom stereocenters. The van der Waals surface area contributed by atoms with Crippen LogP contribution in [0.2, 0.25) is 0 Å². The summed E-state index contributed by atoms with van der Waals surface area (Å²) in [5, 5.41) is 4.66. The Bertz CT molecular complexity index is 975. The maximum Gasteiger partial charge on any atom is 0.346 e. The highest BCUT2D eigenvalue weighted by Crippen LogP contribution is 2.37. The fourth-order valence-corrected chi connectivity index (χ4v) is 4.31. The molecule has 2 fully saturated rings. The number of ether oxygens (including phenoxy) is 2. The third-order valence-electron chi connectivity index (χ3n) is 6.36. The molecule has 2 aliphatic rings. The van der Waals surface area contributed by atoms with Gasteiger partial charge in [-0.2, -0.15) is 5.10 Å². The molecule has 174 valence electrons. The summed E-state index contributed by atoms with van der Waals surface area (Å²) in [4.78, 5) is 27.6. The van der Waals surface area contributed by atoms with Crippen LogP contribution in [-0.2, 0) is 16.1 Å². The molecule has 0 radical (unpaired) electrons. The zero-order valence-corrected chi connectivity index (χ0v) is 19.3. The molecule has 1 aromatic heterocycles. The molecule has 2 heterocycles. The van der Waals surface area contributed by atoms with Crippen LogP contribution in [0.5, 0.6) is 5.75 Å². The molecule has 2 aromatic rings. The smallest absolute Gasteiger partial charge is 0.346 e. The molecule has 8 heteroatoms. The SMILES string of the molecule is COCCn1nc(C2CCCN(C(=O)COc3ccc(C(C)C)cc3)C2)n(C2CC2)c1=O. The van der Waals surface area contributed by atoms with Crippen molar-refractivity contribution in [3.8, 4) is 5.75 Å². The van der Waals surface area contributed by atoms with Gasteiger partial charge in [-0.05, 0) is 49.3 Å². The molecule has 0 bridgehead atoms. The van der Waals surface area contributed by atoms with E-state index in [1.54, 1.807) is 7.11 Å². The minimum absolute atomic E-state index is 0.0193. The van der Waals surface area contributed by atoms with Crippen LogP contribution in [0.4, 0.5) is 0 Å². The number of amides is 1. The predicted molar refractivity (Wildman–Crippen MR) is 121 cm³/mol. The molecule has 0 N–H and O–H groups in total. The Morgan fingerprint density at radius 1 is 1.19 bits per heavy atom. The lowest BCUT2D eigenvalue weighted by atomic mass is 9.97. The van der Waals surface area contributed by atoms with E-state index in [1.807, 2.05) is 33.7 Å². The van der Waals surface area contributed by atoms with Gasteiger partial charge < -0.3 is 14.4 Å². The van der Waals surface area contributed by atoms with E-state index in [2.05, 4.69) is 18.9 Å². The first-order chi connectivity index (χ1) is 15.5. The van der Waals surface area contributed by atoms with Gasteiger partial charge in [0.25, 0.3) is 5.91 Å². The minimum atomic E-state index is -0.0591. The molecule has 1 aromatic carbocycles. The molecule has 0 spiro atoms. The summed E-state index contributed by atoms with van der Waals surface area (Å²) in [7, 11) is 1.62. The summed E-state index contributed by atoms with van der Waals surface area (Å²) < 4.78 is 14.3. The van der Waals surface area contributed by atoms with Crippen molar-refractivity contribution in [2.45, 2.75) is 64.0 Å². The lowest BCUT2D eigenvalue weighted by molar-refractivity contribution is -0.134. The second-order valence-electron chi connectivity index (χ2n) is 9.15. The summed E-state index contributed by atoms with van der Waals surface area (Å²) in [6.07, 6.45) is 3.85. The summed E-state index contributed by atoms with van der Waals surface area (Å²) in [6, 6.07) is 8.17. The van der Waals surface area contributed by atoms with E-state index in [0.29, 0.717) is 37.9 Å². The van der Waals surface area contributed by atoms with Crippen LogP contribution < -0.4 is 10.4 Å². The Kier molecular flexibility index (Phi) is 6.98. The van der Waals surface area contributed by atoms with Crippen molar-refractivity contribution in [1.82, 2.24) is 19.2 Å². The average molecular weight is 443 g/mol. The lowest BCUT2D eigenvalue weighted by Crippen LogP contribution is -2.42. The number of rotatable bonds is 9. The molecule has 1 saturated carbocycles. The number of methoxy groups -OCH3 is 1. The molecule has 1 amide bonds. The van der Waals surface area contributed by atoms with Gasteiger partial charge in [-0.15, -0.1) is 0 Å². The Morgan fingerprint density at radius 3 is 2.59 bits per heavy atom. The summed E-state index contributed by atoms with van der Waals surface area (Å²) >= 11 is 0. The number of hydrogen-bond donors (Lipinski definition) is 0. The standard InChI is InChI=1S/C24H34N4O4/c1-17(2)18-6-10-21(11-7-18)32-16-22(29)26-12-4-5-19(15-26)23-25-27(13-14-31-3)24(30)28(23)20-8-9-20/h6-7,10-11,17,19-20H,4-5,8-9,12-16H2,1-3H3. The third-order valence-corrected chi connectivity index (χ3v) is 6.36. The van der Waals surface area contributed by atoms with Gasteiger partial charge in [0, 0.05) is 32.2 Å². The van der Waals surface area contributed by atoms with E-state index in [9.17, 15) is 9.59 Å². The number of benzene rings is 1. The molecular weight excluding hydrogens is 408 g/mol. The van der Waals surface area contributed by atoms with Crippen LogP contribution in [0.25, 0.3) is 0 Å². The topological polar surface area (TPSA) is 78.6 Å². The fourth-order valence-electron chi connectivity index (χ4n) is 4.31. The first-order valence-corrected chi connectivity index (χ1v) is 11.7. The van der Waals surface area contributed by atoms with Crippen molar-refractivity contribution in [1.29, 1.82) is 0 Å². The van der Waals surface area contributed by atoms with E-state index in [-0.39, 0.29) is 30.2 Å². The van der Waals surface area contributed by atoms with Crippen molar-refractivity contribution in [2.24, 2.45) is 0 Å². The van der Waals surface area contributed by atoms with Gasteiger partial charge in [0.1, 0.15) is 11.6 Å². The van der Waals surface area contributed by atoms with E-state index in [4.69, 9.17) is 9.47 Å². The molecule has 1 unspecified atom stereocenters. The quantitative estimate of drug-likeness (QED) is 0.597. The highest BCUT2D eigenvalue weighted by molar-refractivity contribution is 5.78. The van der Waals surface area contributed by atoms with Gasteiger partial charge in [0.05, 0.1) is 13.2 Å². The number of hydrogen-bond acceptors (Lipinski definition) is 5. The molecule has 8 nitrogen and oxygen atoms in total. The molecule has 1 aliphatic heterocycles. The van der Waals surface area contributed by atoms with E-state index < -0.39 is 0 Å². The number of carbonyl (C=O) groups is 1. The first kappa shape index (κ1) is 22.6. The fraction of sp³-hybridized carbons (Fsp3) is 0.625. The van der Waals surface area contributed by atoms with E-state index in [0.717, 1.165) is 31.5 Å². The summed E-state index contributed by atoms with van der Waals surface area (Å²) in [5.41, 5.74) is 1.19. The van der Waals surface area contributed by atoms with Crippen LogP contribution in [0.3, 0.4) is 0 Å². The van der Waals surface area contributed by atoms with Crippen molar-refractivity contribution >= 4 is 5.91 Å². The molecule has 1 aliphatic carbocycles. The van der Waals surface area contributed by atoms with Crippen molar-refractivity contribution < 1.29 is 14.3 Å². The van der Waals surface area contributed by atoms with E-state index >= 15 is 0 Å². The minimum Gasteiger partial charge on any atom is -0.484 e. The van der Waals surface area contributed by atoms with Crippen LogP contribution in [0, 0.1) is 0 Å². The maximum absolute atomic E-state index is 12.9. The number of aromatic nitrogens is 3. The zero-order valence-electron chi connectivity index (χ0n) is 19.3. The second-order valence-corrected chi connectivity index (χ2v) is 9.15. The van der Waals surface area contributed by atoms with Gasteiger partial charge in [0.2, 0.25) is 0 Å². The molecule has 32 heavy (non-hydrogen) atoms. The maximum atomic E-state index is 12.9. The Hall–Kier alpha value is -2.61. The lowest BCUT2D eigenvalue weighted by Gasteiger charge is -2.32. The van der Waals surface area contributed by atoms with Crippen molar-refractivity contribution in [2.75, 3.05) is 33.4 Å². The molecular formula is C24H34N4O4. The van der Waals surface area contributed by atoms with Crippen LogP contribution in [0.15, 0.2) is 29.1 Å². The van der Waals surface area contributed by atoms with Gasteiger partial charge in [-0.1, -0.05) is 26.0 Å². The highest BCUT2D eigenvalue weighted by Gasteiger charge is 2.35. The van der Waals surface area contributed by atoms with Crippen LogP contribution in [0.1, 0.15) is 68.8 Å². The van der Waals surface area contributed by atoms with Crippen LogP contribution in [-0.4, -0.2) is 58.6 Å². The monoisotopic (exact) mass is 442 g/mol. The molecule has 1 saturated heterocycles. The zero-order chi connectivity index (χ0) is 22.7.